The molecular weight excluding hydrogens is 194 g/mol. The first kappa shape index (κ1) is 9.45. The average molecular weight is 202 g/mol. The van der Waals surface area contributed by atoms with Gasteiger partial charge in [-0.15, -0.1) is 0 Å². The van der Waals surface area contributed by atoms with Gasteiger partial charge in [0.05, 0.1) is 24.3 Å². The maximum absolute atomic E-state index is 10.7. The van der Waals surface area contributed by atoms with E-state index in [1.54, 1.807) is 12.1 Å². The van der Waals surface area contributed by atoms with Crippen molar-refractivity contribution in [2.75, 3.05) is 7.11 Å². The predicted molar refractivity (Wildman–Crippen MR) is 52.6 cm³/mol. The van der Waals surface area contributed by atoms with Crippen molar-refractivity contribution in [1.82, 2.24) is 4.98 Å². The van der Waals surface area contributed by atoms with Gasteiger partial charge in [0.1, 0.15) is 5.75 Å². The standard InChI is InChI=1S/C11H9NO3/c1-15-10-6-9(11(13)14)12-8-5-3-2-4-7(8)10/h2-6H,1H3,(H,13,14)/p-1. The fourth-order valence-corrected chi connectivity index (χ4v) is 1.42. The Morgan fingerprint density at radius 1 is 1.40 bits per heavy atom. The van der Waals surface area contributed by atoms with Gasteiger partial charge in [-0.3, -0.25) is 0 Å². The van der Waals surface area contributed by atoms with Crippen LogP contribution in [0.3, 0.4) is 0 Å². The summed E-state index contributed by atoms with van der Waals surface area (Å²) in [5.41, 5.74) is 0.460. The molecule has 4 heteroatoms. The zero-order valence-corrected chi connectivity index (χ0v) is 8.06. The van der Waals surface area contributed by atoms with Gasteiger partial charge in [-0.05, 0) is 12.1 Å². The first-order valence-corrected chi connectivity index (χ1v) is 4.37. The Balaban J connectivity index is 2.77. The van der Waals surface area contributed by atoms with Crippen molar-refractivity contribution >= 4 is 16.9 Å². The molecule has 76 valence electrons. The number of rotatable bonds is 2. The van der Waals surface area contributed by atoms with E-state index in [1.165, 1.54) is 13.2 Å². The molecule has 1 heterocycles. The minimum Gasteiger partial charge on any atom is -0.543 e. The molecule has 0 atom stereocenters. The number of nitrogens with zero attached hydrogens (tertiary/aromatic N) is 1. The third kappa shape index (κ3) is 1.61. The predicted octanol–water partition coefficient (Wildman–Crippen LogP) is 0.607. The van der Waals surface area contributed by atoms with Gasteiger partial charge in [0.2, 0.25) is 0 Å². The molecule has 0 aliphatic rings. The Kier molecular flexibility index (Phi) is 2.25. The van der Waals surface area contributed by atoms with Gasteiger partial charge in [-0.25, -0.2) is 4.98 Å². The number of aromatic nitrogens is 1. The normalized spacial score (nSPS) is 10.2. The van der Waals surface area contributed by atoms with Gasteiger partial charge < -0.3 is 14.6 Å². The minimum absolute atomic E-state index is 0.120. The number of benzene rings is 1. The van der Waals surface area contributed by atoms with Crippen LogP contribution >= 0.6 is 0 Å². The third-order valence-corrected chi connectivity index (χ3v) is 2.11. The summed E-state index contributed by atoms with van der Waals surface area (Å²) in [6, 6.07) is 8.53. The number of carbonyl (C=O) groups is 1. The molecule has 1 aromatic heterocycles. The lowest BCUT2D eigenvalue weighted by Crippen LogP contribution is -2.23. The van der Waals surface area contributed by atoms with Crippen molar-refractivity contribution in [3.05, 3.63) is 36.0 Å². The molecule has 4 nitrogen and oxygen atoms in total. The molecule has 0 saturated carbocycles. The fourth-order valence-electron chi connectivity index (χ4n) is 1.42. The summed E-state index contributed by atoms with van der Waals surface area (Å²) in [5, 5.41) is 11.5. The van der Waals surface area contributed by atoms with Crippen molar-refractivity contribution in [3.8, 4) is 5.75 Å². The molecule has 2 rings (SSSR count). The highest BCUT2D eigenvalue weighted by Crippen LogP contribution is 2.24. The van der Waals surface area contributed by atoms with Crippen molar-refractivity contribution < 1.29 is 14.6 Å². The van der Waals surface area contributed by atoms with E-state index in [4.69, 9.17) is 4.74 Å². The van der Waals surface area contributed by atoms with E-state index in [-0.39, 0.29) is 5.69 Å². The van der Waals surface area contributed by atoms with Crippen LogP contribution in [0.1, 0.15) is 10.5 Å². The maximum Gasteiger partial charge on any atom is 0.130 e. The van der Waals surface area contributed by atoms with Crippen LogP contribution in [0.25, 0.3) is 10.9 Å². The van der Waals surface area contributed by atoms with Crippen LogP contribution in [0.15, 0.2) is 30.3 Å². The molecule has 0 bridgehead atoms. The van der Waals surface area contributed by atoms with Crippen LogP contribution in [-0.4, -0.2) is 18.1 Å². The maximum atomic E-state index is 10.7. The van der Waals surface area contributed by atoms with Gasteiger partial charge in [0.25, 0.3) is 0 Å². The van der Waals surface area contributed by atoms with E-state index in [0.717, 1.165) is 5.39 Å². The molecule has 0 aliphatic heterocycles. The molecule has 0 fully saturated rings. The van der Waals surface area contributed by atoms with Crippen LogP contribution in [-0.2, 0) is 0 Å². The zero-order chi connectivity index (χ0) is 10.8. The first-order chi connectivity index (χ1) is 7.22. The highest BCUT2D eigenvalue weighted by atomic mass is 16.5. The molecule has 0 saturated heterocycles. The van der Waals surface area contributed by atoms with Crippen molar-refractivity contribution in [2.24, 2.45) is 0 Å². The number of hydrogen-bond donors (Lipinski definition) is 0. The van der Waals surface area contributed by atoms with Crippen molar-refractivity contribution in [3.63, 3.8) is 0 Å². The number of pyridine rings is 1. The summed E-state index contributed by atoms with van der Waals surface area (Å²) in [4.78, 5) is 14.6. The lowest BCUT2D eigenvalue weighted by Gasteiger charge is -2.08. The number of para-hydroxylation sites is 1. The molecule has 0 aliphatic carbocycles. The fraction of sp³-hybridized carbons (Fsp3) is 0.0909. The second-order valence-corrected chi connectivity index (χ2v) is 3.01. The molecule has 0 radical (unpaired) electrons. The van der Waals surface area contributed by atoms with Crippen molar-refractivity contribution in [1.29, 1.82) is 0 Å². The largest absolute Gasteiger partial charge is 0.543 e. The summed E-state index contributed by atoms with van der Waals surface area (Å²) in [6.07, 6.45) is 0. The topological polar surface area (TPSA) is 62.2 Å². The molecule has 0 spiro atoms. The number of ether oxygens (including phenoxy) is 1. The summed E-state index contributed by atoms with van der Waals surface area (Å²) in [6.45, 7) is 0. The number of carboxylic acid groups (broad SMARTS) is 1. The molecule has 0 N–H and O–H groups in total. The average Bonchev–Trinajstić information content (AvgIpc) is 2.27. The second kappa shape index (κ2) is 3.57. The zero-order valence-electron chi connectivity index (χ0n) is 8.06. The van der Waals surface area contributed by atoms with E-state index in [2.05, 4.69) is 4.98 Å². The van der Waals surface area contributed by atoms with Gasteiger partial charge >= 0.3 is 0 Å². The van der Waals surface area contributed by atoms with Crippen molar-refractivity contribution in [2.45, 2.75) is 0 Å². The number of carboxylic acids is 1. The van der Waals surface area contributed by atoms with Crippen LogP contribution in [0.4, 0.5) is 0 Å². The lowest BCUT2D eigenvalue weighted by molar-refractivity contribution is -0.255. The quantitative estimate of drug-likeness (QED) is 0.715. The van der Waals surface area contributed by atoms with Gasteiger partial charge in [-0.2, -0.15) is 0 Å². The molecule has 0 unspecified atom stereocenters. The second-order valence-electron chi connectivity index (χ2n) is 3.01. The number of fused-ring (bicyclic) bond motifs is 1. The van der Waals surface area contributed by atoms with Gasteiger partial charge in [0.15, 0.2) is 0 Å². The summed E-state index contributed by atoms with van der Waals surface area (Å²) in [5.74, 6) is -0.821. The Morgan fingerprint density at radius 3 is 2.80 bits per heavy atom. The lowest BCUT2D eigenvalue weighted by atomic mass is 10.2. The summed E-state index contributed by atoms with van der Waals surface area (Å²) >= 11 is 0. The van der Waals surface area contributed by atoms with E-state index in [0.29, 0.717) is 11.3 Å². The number of methoxy groups -OCH3 is 1. The number of carbonyl (C=O) groups excluding carboxylic acids is 1. The Hall–Kier alpha value is -2.10. The Bertz CT molecular complexity index is 522. The first-order valence-electron chi connectivity index (χ1n) is 4.37. The SMILES string of the molecule is COc1cc(C(=O)[O-])nc2ccccc12. The van der Waals surface area contributed by atoms with Crippen LogP contribution in [0.2, 0.25) is 0 Å². The summed E-state index contributed by atoms with van der Waals surface area (Å²) < 4.78 is 5.09. The minimum atomic E-state index is -1.31. The van der Waals surface area contributed by atoms with E-state index in [1.807, 2.05) is 12.1 Å². The smallest absolute Gasteiger partial charge is 0.130 e. The van der Waals surface area contributed by atoms with Crippen LogP contribution in [0.5, 0.6) is 5.75 Å². The highest BCUT2D eigenvalue weighted by Gasteiger charge is 2.05. The third-order valence-electron chi connectivity index (χ3n) is 2.11. The molecule has 0 amide bonds. The van der Waals surface area contributed by atoms with Gasteiger partial charge in [-0.1, -0.05) is 12.1 Å². The molecule has 2 aromatic rings. The van der Waals surface area contributed by atoms with Crippen LogP contribution < -0.4 is 9.84 Å². The molecular formula is C11H8NO3-. The monoisotopic (exact) mass is 202 g/mol. The highest BCUT2D eigenvalue weighted by molar-refractivity contribution is 5.92. The summed E-state index contributed by atoms with van der Waals surface area (Å²) in [7, 11) is 1.49. The van der Waals surface area contributed by atoms with E-state index < -0.39 is 5.97 Å². The van der Waals surface area contributed by atoms with Gasteiger partial charge in [0, 0.05) is 11.5 Å². The van der Waals surface area contributed by atoms with E-state index in [9.17, 15) is 9.90 Å². The number of aromatic carboxylic acids is 1. The van der Waals surface area contributed by atoms with E-state index >= 15 is 0 Å². The Morgan fingerprint density at radius 2 is 2.13 bits per heavy atom. The van der Waals surface area contributed by atoms with Crippen LogP contribution in [0, 0.1) is 0 Å². The molecule has 1 aromatic carbocycles. The molecule has 15 heavy (non-hydrogen) atoms. The Labute approximate surface area is 86.1 Å². The number of hydrogen-bond acceptors (Lipinski definition) is 4.